The average Bonchev–Trinajstić information content (AvgIpc) is 3.41. The van der Waals surface area contributed by atoms with E-state index in [0.717, 1.165) is 47.6 Å². The van der Waals surface area contributed by atoms with Crippen LogP contribution in [-0.2, 0) is 11.2 Å². The van der Waals surface area contributed by atoms with Gasteiger partial charge < -0.3 is 14.3 Å². The number of aromatic amines is 1. The number of rotatable bonds is 4. The van der Waals surface area contributed by atoms with Gasteiger partial charge in [0.05, 0.1) is 22.8 Å². The molecule has 0 unspecified atom stereocenters. The Morgan fingerprint density at radius 1 is 1.25 bits per heavy atom. The zero-order valence-corrected chi connectivity index (χ0v) is 15.9. The number of imidazole rings is 2. The van der Waals surface area contributed by atoms with Crippen molar-refractivity contribution in [1.82, 2.24) is 24.3 Å². The number of hydrogen-bond donors (Lipinski definition) is 1. The topological polar surface area (TPSA) is 66.3 Å². The highest BCUT2D eigenvalue weighted by molar-refractivity contribution is 5.78. The van der Waals surface area contributed by atoms with Crippen molar-refractivity contribution in [3.8, 4) is 0 Å². The van der Waals surface area contributed by atoms with E-state index in [-0.39, 0.29) is 11.9 Å². The first kappa shape index (κ1) is 17.0. The SMILES string of the molecule is Cc1ccc2nc([C@H]3CCCN3C(=O)CCc3cn4ccccc4n3)[nH]c2c1. The molecule has 0 saturated carbocycles. The molecule has 4 heterocycles. The summed E-state index contributed by atoms with van der Waals surface area (Å²) in [6.07, 6.45) is 7.08. The third-order valence-corrected chi connectivity index (χ3v) is 5.55. The largest absolute Gasteiger partial charge is 0.340 e. The Bertz CT molecular complexity index is 1130. The number of fused-ring (bicyclic) bond motifs is 2. The van der Waals surface area contributed by atoms with Gasteiger partial charge in [0.25, 0.3) is 0 Å². The van der Waals surface area contributed by atoms with Gasteiger partial charge in [-0.2, -0.15) is 0 Å². The molecule has 1 aliphatic rings. The number of H-pyrrole nitrogens is 1. The lowest BCUT2D eigenvalue weighted by atomic mass is 10.2. The number of nitrogens with one attached hydrogen (secondary N) is 1. The van der Waals surface area contributed by atoms with Crippen molar-refractivity contribution >= 4 is 22.6 Å². The highest BCUT2D eigenvalue weighted by atomic mass is 16.2. The lowest BCUT2D eigenvalue weighted by Crippen LogP contribution is -2.31. The van der Waals surface area contributed by atoms with Crippen molar-refractivity contribution in [2.24, 2.45) is 0 Å². The number of benzene rings is 1. The van der Waals surface area contributed by atoms with Crippen molar-refractivity contribution in [2.45, 2.75) is 38.6 Å². The maximum atomic E-state index is 12.9. The van der Waals surface area contributed by atoms with Gasteiger partial charge in [0.15, 0.2) is 0 Å². The van der Waals surface area contributed by atoms with E-state index in [9.17, 15) is 4.79 Å². The number of carbonyl (C=O) groups is 1. The number of aromatic nitrogens is 4. The van der Waals surface area contributed by atoms with Crippen molar-refractivity contribution in [3.05, 3.63) is 65.9 Å². The molecule has 1 N–H and O–H groups in total. The third-order valence-electron chi connectivity index (χ3n) is 5.55. The van der Waals surface area contributed by atoms with Crippen LogP contribution in [-0.4, -0.2) is 36.7 Å². The summed E-state index contributed by atoms with van der Waals surface area (Å²) in [5.41, 5.74) is 5.08. The molecule has 4 aromatic rings. The Balaban J connectivity index is 1.31. The maximum Gasteiger partial charge on any atom is 0.223 e. The van der Waals surface area contributed by atoms with Gasteiger partial charge in [-0.1, -0.05) is 12.1 Å². The molecule has 0 radical (unpaired) electrons. The van der Waals surface area contributed by atoms with Crippen molar-refractivity contribution in [1.29, 1.82) is 0 Å². The Kier molecular flexibility index (Phi) is 4.11. The molecule has 5 rings (SSSR count). The molecule has 142 valence electrons. The molecule has 3 aromatic heterocycles. The van der Waals surface area contributed by atoms with Gasteiger partial charge in [-0.05, 0) is 56.0 Å². The fourth-order valence-electron chi connectivity index (χ4n) is 4.14. The van der Waals surface area contributed by atoms with Crippen molar-refractivity contribution in [2.75, 3.05) is 6.54 Å². The summed E-state index contributed by atoms with van der Waals surface area (Å²) in [6, 6.07) is 12.2. The van der Waals surface area contributed by atoms with E-state index in [1.807, 2.05) is 46.0 Å². The average molecular weight is 373 g/mol. The summed E-state index contributed by atoms with van der Waals surface area (Å²) in [4.78, 5) is 27.7. The molecule has 1 aliphatic heterocycles. The lowest BCUT2D eigenvalue weighted by molar-refractivity contribution is -0.132. The molecule has 6 heteroatoms. The van der Waals surface area contributed by atoms with E-state index in [2.05, 4.69) is 29.0 Å². The number of nitrogens with zero attached hydrogens (tertiary/aromatic N) is 4. The van der Waals surface area contributed by atoms with Gasteiger partial charge in [0.1, 0.15) is 11.5 Å². The molecule has 1 aromatic carbocycles. The first-order valence-corrected chi connectivity index (χ1v) is 9.86. The minimum atomic E-state index is 0.0428. The second kappa shape index (κ2) is 6.78. The monoisotopic (exact) mass is 373 g/mol. The van der Waals surface area contributed by atoms with E-state index >= 15 is 0 Å². The lowest BCUT2D eigenvalue weighted by Gasteiger charge is -2.23. The summed E-state index contributed by atoms with van der Waals surface area (Å²) in [6.45, 7) is 2.87. The Labute approximate surface area is 163 Å². The summed E-state index contributed by atoms with van der Waals surface area (Å²) < 4.78 is 1.99. The highest BCUT2D eigenvalue weighted by Gasteiger charge is 2.31. The minimum absolute atomic E-state index is 0.0428. The van der Waals surface area contributed by atoms with Crippen LogP contribution in [0, 0.1) is 6.92 Å². The van der Waals surface area contributed by atoms with Gasteiger partial charge in [0, 0.05) is 25.4 Å². The zero-order valence-electron chi connectivity index (χ0n) is 15.9. The summed E-state index contributed by atoms with van der Waals surface area (Å²) in [5.74, 6) is 1.08. The molecule has 6 nitrogen and oxygen atoms in total. The minimum Gasteiger partial charge on any atom is -0.340 e. The van der Waals surface area contributed by atoms with Crippen LogP contribution in [0.15, 0.2) is 48.8 Å². The molecule has 1 fully saturated rings. The quantitative estimate of drug-likeness (QED) is 0.591. The van der Waals surface area contributed by atoms with Crippen LogP contribution in [0.1, 0.15) is 42.4 Å². The van der Waals surface area contributed by atoms with E-state index in [1.165, 1.54) is 5.56 Å². The molecule has 1 saturated heterocycles. The first-order valence-electron chi connectivity index (χ1n) is 9.86. The van der Waals surface area contributed by atoms with Gasteiger partial charge in [-0.3, -0.25) is 4.79 Å². The Morgan fingerprint density at radius 2 is 2.18 bits per heavy atom. The number of hydrogen-bond acceptors (Lipinski definition) is 3. The number of carbonyl (C=O) groups excluding carboxylic acids is 1. The predicted molar refractivity (Wildman–Crippen MR) is 108 cm³/mol. The Hall–Kier alpha value is -3.15. The molecular formula is C22H23N5O. The second-order valence-electron chi connectivity index (χ2n) is 7.59. The van der Waals surface area contributed by atoms with E-state index in [1.54, 1.807) is 0 Å². The van der Waals surface area contributed by atoms with Crippen molar-refractivity contribution < 1.29 is 4.79 Å². The summed E-state index contributed by atoms with van der Waals surface area (Å²) in [5, 5.41) is 0. The molecule has 1 amide bonds. The number of likely N-dealkylation sites (tertiary alicyclic amines) is 1. The summed E-state index contributed by atoms with van der Waals surface area (Å²) in [7, 11) is 0. The van der Waals surface area contributed by atoms with Crippen LogP contribution in [0.25, 0.3) is 16.7 Å². The fourth-order valence-corrected chi connectivity index (χ4v) is 4.14. The second-order valence-corrected chi connectivity index (χ2v) is 7.59. The van der Waals surface area contributed by atoms with Crippen LogP contribution in [0.4, 0.5) is 0 Å². The van der Waals surface area contributed by atoms with Gasteiger partial charge >= 0.3 is 0 Å². The molecule has 28 heavy (non-hydrogen) atoms. The van der Waals surface area contributed by atoms with Crippen LogP contribution >= 0.6 is 0 Å². The predicted octanol–water partition coefficient (Wildman–Crippen LogP) is 3.82. The number of pyridine rings is 1. The van der Waals surface area contributed by atoms with Gasteiger partial charge in [0.2, 0.25) is 5.91 Å². The van der Waals surface area contributed by atoms with Crippen LogP contribution < -0.4 is 0 Å². The molecule has 0 aliphatic carbocycles. The van der Waals surface area contributed by atoms with Crippen LogP contribution in [0.5, 0.6) is 0 Å². The zero-order chi connectivity index (χ0) is 19.1. The van der Waals surface area contributed by atoms with Gasteiger partial charge in [-0.15, -0.1) is 0 Å². The maximum absolute atomic E-state index is 12.9. The first-order chi connectivity index (χ1) is 13.7. The molecule has 1 atom stereocenters. The third kappa shape index (κ3) is 3.05. The highest BCUT2D eigenvalue weighted by Crippen LogP contribution is 2.32. The normalized spacial score (nSPS) is 17.0. The molecule has 0 bridgehead atoms. The standard InChI is InChI=1S/C22H23N5O/c1-15-7-9-17-18(13-15)25-22(24-17)19-5-4-12-27(19)21(28)10-8-16-14-26-11-3-2-6-20(26)23-16/h2-3,6-7,9,11,13-14,19H,4-5,8,10,12H2,1H3,(H,24,25)/t19-/m1/s1. The van der Waals surface area contributed by atoms with Crippen LogP contribution in [0.3, 0.4) is 0 Å². The molecular weight excluding hydrogens is 350 g/mol. The van der Waals surface area contributed by atoms with E-state index in [4.69, 9.17) is 4.98 Å². The number of aryl methyl sites for hydroxylation is 2. The van der Waals surface area contributed by atoms with Gasteiger partial charge in [-0.25, -0.2) is 9.97 Å². The van der Waals surface area contributed by atoms with E-state index < -0.39 is 0 Å². The smallest absolute Gasteiger partial charge is 0.223 e. The van der Waals surface area contributed by atoms with Crippen LogP contribution in [0.2, 0.25) is 0 Å². The molecule has 0 spiro atoms. The Morgan fingerprint density at radius 3 is 3.07 bits per heavy atom. The van der Waals surface area contributed by atoms with E-state index in [0.29, 0.717) is 12.8 Å². The summed E-state index contributed by atoms with van der Waals surface area (Å²) >= 11 is 0. The fraction of sp³-hybridized carbons (Fsp3) is 0.318. The number of amides is 1. The van der Waals surface area contributed by atoms with Crippen molar-refractivity contribution in [3.63, 3.8) is 0 Å².